The molecular weight excluding hydrogens is 497 g/mol. The van der Waals surface area contributed by atoms with Gasteiger partial charge in [0.2, 0.25) is 0 Å². The number of fused-ring (bicyclic) bond motifs is 3. The van der Waals surface area contributed by atoms with Gasteiger partial charge in [-0.15, -0.1) is 0 Å². The summed E-state index contributed by atoms with van der Waals surface area (Å²) in [5.74, 6) is -0.219. The molecule has 0 aliphatic carbocycles. The van der Waals surface area contributed by atoms with Crippen LogP contribution in [-0.4, -0.2) is 42.4 Å². The van der Waals surface area contributed by atoms with E-state index in [1.807, 2.05) is 16.7 Å². The van der Waals surface area contributed by atoms with Crippen LogP contribution < -0.4 is 0 Å². The average Bonchev–Trinajstić information content (AvgIpc) is 3.08. The average molecular weight is 518 g/mol. The zero-order chi connectivity index (χ0) is 22.5. The van der Waals surface area contributed by atoms with E-state index < -0.39 is 15.9 Å². The third-order valence-electron chi connectivity index (χ3n) is 6.02. The molecule has 5 rings (SSSR count). The fourth-order valence-corrected chi connectivity index (χ4v) is 5.46. The van der Waals surface area contributed by atoms with E-state index in [0.29, 0.717) is 29.9 Å². The second-order valence-corrected chi connectivity index (χ2v) is 11.0. The van der Waals surface area contributed by atoms with Crippen LogP contribution in [0, 0.1) is 11.7 Å². The Kier molecular flexibility index (Phi) is 5.51. The lowest BCUT2D eigenvalue weighted by atomic mass is 9.86. The van der Waals surface area contributed by atoms with Crippen LogP contribution in [0.2, 0.25) is 0 Å². The second-order valence-electron chi connectivity index (χ2n) is 8.10. The maximum Gasteiger partial charge on any atom is 0.192 e. The number of sulfone groups is 1. The Labute approximate surface area is 193 Å². The van der Waals surface area contributed by atoms with E-state index >= 15 is 4.39 Å². The Morgan fingerprint density at radius 2 is 1.94 bits per heavy atom. The SMILES string of the molecule is CS(=O)(=O)c1ccc2c3ncc(Br)cc3n([C@H](c3ccccc3F)C3CCOCC3)c2n1. The smallest absolute Gasteiger partial charge is 0.192 e. The van der Waals surface area contributed by atoms with Crippen molar-refractivity contribution < 1.29 is 17.5 Å². The highest BCUT2D eigenvalue weighted by atomic mass is 79.9. The van der Waals surface area contributed by atoms with Crippen molar-refractivity contribution in [3.05, 3.63) is 64.5 Å². The van der Waals surface area contributed by atoms with E-state index in [0.717, 1.165) is 34.5 Å². The topological polar surface area (TPSA) is 74.1 Å². The van der Waals surface area contributed by atoms with Gasteiger partial charge in [-0.1, -0.05) is 18.2 Å². The maximum absolute atomic E-state index is 15.1. The molecule has 1 atom stereocenters. The molecule has 9 heteroatoms. The fourth-order valence-electron chi connectivity index (χ4n) is 4.57. The first-order chi connectivity index (χ1) is 15.3. The molecule has 1 saturated heterocycles. The third-order valence-corrected chi connectivity index (χ3v) is 7.44. The number of ether oxygens (including phenoxy) is 1. The van der Waals surface area contributed by atoms with Crippen molar-refractivity contribution in [3.63, 3.8) is 0 Å². The number of rotatable bonds is 4. The molecule has 1 fully saturated rings. The van der Waals surface area contributed by atoms with Gasteiger partial charge in [0.05, 0.1) is 17.1 Å². The number of nitrogens with zero attached hydrogens (tertiary/aromatic N) is 3. The van der Waals surface area contributed by atoms with Gasteiger partial charge in [0.1, 0.15) is 11.5 Å². The highest BCUT2D eigenvalue weighted by Gasteiger charge is 2.32. The van der Waals surface area contributed by atoms with E-state index in [2.05, 4.69) is 25.9 Å². The quantitative estimate of drug-likeness (QED) is 0.384. The van der Waals surface area contributed by atoms with Gasteiger partial charge in [0.25, 0.3) is 0 Å². The lowest BCUT2D eigenvalue weighted by Crippen LogP contribution is -2.27. The lowest BCUT2D eigenvalue weighted by Gasteiger charge is -2.33. The van der Waals surface area contributed by atoms with Gasteiger partial charge >= 0.3 is 0 Å². The Bertz CT molecular complexity index is 1430. The summed E-state index contributed by atoms with van der Waals surface area (Å²) in [5, 5.41) is 0.709. The van der Waals surface area contributed by atoms with E-state index in [9.17, 15) is 8.42 Å². The minimum absolute atomic E-state index is 0.0209. The van der Waals surface area contributed by atoms with E-state index in [1.165, 1.54) is 12.1 Å². The first-order valence-electron chi connectivity index (χ1n) is 10.3. The molecule has 1 aromatic carbocycles. The van der Waals surface area contributed by atoms with Crippen LogP contribution in [0.3, 0.4) is 0 Å². The predicted molar refractivity (Wildman–Crippen MR) is 124 cm³/mol. The van der Waals surface area contributed by atoms with Gasteiger partial charge in [-0.05, 0) is 59.0 Å². The minimum atomic E-state index is -3.53. The number of halogens is 2. The van der Waals surface area contributed by atoms with Gasteiger partial charge < -0.3 is 9.30 Å². The molecule has 166 valence electrons. The van der Waals surface area contributed by atoms with Gasteiger partial charge in [-0.3, -0.25) is 4.98 Å². The van der Waals surface area contributed by atoms with Crippen molar-refractivity contribution in [1.82, 2.24) is 14.5 Å². The molecule has 0 saturated carbocycles. The van der Waals surface area contributed by atoms with Crippen molar-refractivity contribution in [2.24, 2.45) is 5.92 Å². The molecule has 0 N–H and O–H groups in total. The van der Waals surface area contributed by atoms with Crippen molar-refractivity contribution in [1.29, 1.82) is 0 Å². The Hall–Kier alpha value is -2.36. The number of hydrogen-bond donors (Lipinski definition) is 0. The molecule has 6 nitrogen and oxygen atoms in total. The predicted octanol–water partition coefficient (Wildman–Crippen LogP) is 4.91. The molecule has 0 unspecified atom stereocenters. The Morgan fingerprint density at radius 1 is 1.19 bits per heavy atom. The third kappa shape index (κ3) is 3.72. The van der Waals surface area contributed by atoms with Gasteiger partial charge in [0, 0.05) is 41.1 Å². The largest absolute Gasteiger partial charge is 0.381 e. The summed E-state index contributed by atoms with van der Waals surface area (Å²) in [6.45, 7) is 1.19. The van der Waals surface area contributed by atoms with Crippen LogP contribution >= 0.6 is 15.9 Å². The van der Waals surface area contributed by atoms with Crippen molar-refractivity contribution >= 4 is 47.8 Å². The molecule has 0 spiro atoms. The number of benzene rings is 1. The van der Waals surface area contributed by atoms with Crippen molar-refractivity contribution in [2.45, 2.75) is 23.9 Å². The fraction of sp³-hybridized carbons (Fsp3) is 0.304. The zero-order valence-corrected chi connectivity index (χ0v) is 19.7. The second kappa shape index (κ2) is 8.20. The molecule has 32 heavy (non-hydrogen) atoms. The lowest BCUT2D eigenvalue weighted by molar-refractivity contribution is 0.0547. The van der Waals surface area contributed by atoms with Crippen LogP contribution in [0.4, 0.5) is 4.39 Å². The van der Waals surface area contributed by atoms with Crippen molar-refractivity contribution in [3.8, 4) is 0 Å². The normalized spacial score (nSPS) is 16.6. The standard InChI is InChI=1S/C23H21BrFN3O3S/c1-32(29,30)20-7-6-17-21-19(12-15(24)13-26-21)28(23(17)27-20)22(14-8-10-31-11-9-14)16-4-2-3-5-18(16)25/h2-7,12-14,22H,8-11H2,1H3/t22-/m0/s1. The van der Waals surface area contributed by atoms with E-state index in [-0.39, 0.29) is 16.8 Å². The molecule has 1 aliphatic heterocycles. The Morgan fingerprint density at radius 3 is 2.66 bits per heavy atom. The molecular formula is C23H21BrFN3O3S. The van der Waals surface area contributed by atoms with Gasteiger partial charge in [-0.2, -0.15) is 0 Å². The first-order valence-corrected chi connectivity index (χ1v) is 13.0. The molecule has 3 aromatic heterocycles. The van der Waals surface area contributed by atoms with Crippen LogP contribution in [0.5, 0.6) is 0 Å². The van der Waals surface area contributed by atoms with Crippen LogP contribution in [-0.2, 0) is 14.6 Å². The first kappa shape index (κ1) is 21.5. The van der Waals surface area contributed by atoms with E-state index in [1.54, 1.807) is 24.4 Å². The minimum Gasteiger partial charge on any atom is -0.381 e. The molecule has 1 aliphatic rings. The summed E-state index contributed by atoms with van der Waals surface area (Å²) in [6, 6.07) is 11.5. The zero-order valence-electron chi connectivity index (χ0n) is 17.3. The molecule has 0 radical (unpaired) electrons. The monoisotopic (exact) mass is 517 g/mol. The highest BCUT2D eigenvalue weighted by molar-refractivity contribution is 9.10. The van der Waals surface area contributed by atoms with E-state index in [4.69, 9.17) is 4.74 Å². The molecule has 4 aromatic rings. The number of pyridine rings is 2. The number of aromatic nitrogens is 3. The maximum atomic E-state index is 15.1. The van der Waals surface area contributed by atoms with Gasteiger partial charge in [-0.25, -0.2) is 17.8 Å². The van der Waals surface area contributed by atoms with Crippen LogP contribution in [0.1, 0.15) is 24.4 Å². The molecule has 4 heterocycles. The summed E-state index contributed by atoms with van der Waals surface area (Å²) < 4.78 is 48.0. The van der Waals surface area contributed by atoms with Crippen LogP contribution in [0.25, 0.3) is 22.1 Å². The van der Waals surface area contributed by atoms with Crippen molar-refractivity contribution in [2.75, 3.05) is 19.5 Å². The highest BCUT2D eigenvalue weighted by Crippen LogP contribution is 2.41. The molecule has 0 bridgehead atoms. The van der Waals surface area contributed by atoms with Crippen LogP contribution in [0.15, 0.2) is 58.2 Å². The summed E-state index contributed by atoms with van der Waals surface area (Å²) in [6.07, 6.45) is 4.35. The number of hydrogen-bond acceptors (Lipinski definition) is 5. The summed E-state index contributed by atoms with van der Waals surface area (Å²) in [5.41, 5.74) is 2.49. The Balaban J connectivity index is 1.89. The summed E-state index contributed by atoms with van der Waals surface area (Å²) in [7, 11) is -3.53. The van der Waals surface area contributed by atoms with Gasteiger partial charge in [0.15, 0.2) is 14.9 Å². The molecule has 0 amide bonds. The summed E-state index contributed by atoms with van der Waals surface area (Å²) in [4.78, 5) is 9.14. The summed E-state index contributed by atoms with van der Waals surface area (Å²) >= 11 is 3.50.